The van der Waals surface area contributed by atoms with Crippen LogP contribution < -0.4 is 14.8 Å². The van der Waals surface area contributed by atoms with Crippen LogP contribution in [0.25, 0.3) is 0 Å². The highest BCUT2D eigenvalue weighted by atomic mass is 79.9. The Hall–Kier alpha value is -0.780. The van der Waals surface area contributed by atoms with E-state index in [0.717, 1.165) is 16.5 Å². The van der Waals surface area contributed by atoms with Gasteiger partial charge < -0.3 is 19.9 Å². The lowest BCUT2D eigenvalue weighted by atomic mass is 9.85. The first-order valence-electron chi connectivity index (χ1n) is 7.08. The van der Waals surface area contributed by atoms with E-state index in [0.29, 0.717) is 18.0 Å². The predicted molar refractivity (Wildman–Crippen MR) is 89.0 cm³/mol. The standard InChI is InChI=1S/C16H26BrNO3/c1-16(2,3)14(6-7-19)18-10-11-8-12(17)15(21-5)13(9-11)20-4/h8-9,14,18-19H,6-7,10H2,1-5H3. The van der Waals surface area contributed by atoms with Crippen molar-refractivity contribution in [1.82, 2.24) is 5.32 Å². The van der Waals surface area contributed by atoms with Crippen LogP contribution in [0.2, 0.25) is 0 Å². The first-order chi connectivity index (χ1) is 9.83. The maximum atomic E-state index is 9.21. The summed E-state index contributed by atoms with van der Waals surface area (Å²) in [6.45, 7) is 7.41. The molecule has 0 fully saturated rings. The quantitative estimate of drug-likeness (QED) is 0.783. The molecule has 5 heteroatoms. The highest BCUT2D eigenvalue weighted by Crippen LogP contribution is 2.36. The molecule has 120 valence electrons. The fourth-order valence-electron chi connectivity index (χ4n) is 2.28. The number of aliphatic hydroxyl groups excluding tert-OH is 1. The molecule has 21 heavy (non-hydrogen) atoms. The summed E-state index contributed by atoms with van der Waals surface area (Å²) < 4.78 is 11.5. The minimum absolute atomic E-state index is 0.0938. The van der Waals surface area contributed by atoms with Crippen LogP contribution in [0, 0.1) is 5.41 Å². The Morgan fingerprint density at radius 2 is 1.90 bits per heavy atom. The molecule has 1 unspecified atom stereocenters. The van der Waals surface area contributed by atoms with Crippen LogP contribution in [0.15, 0.2) is 16.6 Å². The highest BCUT2D eigenvalue weighted by molar-refractivity contribution is 9.10. The molecule has 0 aliphatic heterocycles. The Bertz CT molecular complexity index is 458. The van der Waals surface area contributed by atoms with Crippen molar-refractivity contribution in [1.29, 1.82) is 0 Å². The Morgan fingerprint density at radius 1 is 1.24 bits per heavy atom. The number of hydrogen-bond donors (Lipinski definition) is 2. The van der Waals surface area contributed by atoms with Gasteiger partial charge in [-0.25, -0.2) is 0 Å². The smallest absolute Gasteiger partial charge is 0.174 e. The van der Waals surface area contributed by atoms with Gasteiger partial charge in [0.25, 0.3) is 0 Å². The van der Waals surface area contributed by atoms with Crippen LogP contribution in [-0.2, 0) is 6.54 Å². The van der Waals surface area contributed by atoms with E-state index in [1.807, 2.05) is 12.1 Å². The van der Waals surface area contributed by atoms with Crippen LogP contribution >= 0.6 is 15.9 Å². The minimum Gasteiger partial charge on any atom is -0.493 e. The number of ether oxygens (including phenoxy) is 2. The lowest BCUT2D eigenvalue weighted by molar-refractivity contribution is 0.196. The van der Waals surface area contributed by atoms with E-state index in [1.165, 1.54) is 0 Å². The molecular formula is C16H26BrNO3. The van der Waals surface area contributed by atoms with Crippen molar-refractivity contribution < 1.29 is 14.6 Å². The lowest BCUT2D eigenvalue weighted by Crippen LogP contribution is -2.40. The Morgan fingerprint density at radius 3 is 2.38 bits per heavy atom. The van der Waals surface area contributed by atoms with Gasteiger partial charge in [-0.05, 0) is 45.5 Å². The molecule has 0 amide bonds. The first-order valence-corrected chi connectivity index (χ1v) is 7.87. The summed E-state index contributed by atoms with van der Waals surface area (Å²) >= 11 is 3.50. The Balaban J connectivity index is 2.85. The molecule has 1 rings (SSSR count). The van der Waals surface area contributed by atoms with Crippen molar-refractivity contribution in [3.63, 3.8) is 0 Å². The molecule has 1 aromatic carbocycles. The first kappa shape index (κ1) is 18.3. The van der Waals surface area contributed by atoms with Gasteiger partial charge in [-0.1, -0.05) is 20.8 Å². The molecule has 0 aliphatic rings. The van der Waals surface area contributed by atoms with E-state index >= 15 is 0 Å². The fourth-order valence-corrected chi connectivity index (χ4v) is 2.94. The normalized spacial score (nSPS) is 13.1. The molecule has 0 radical (unpaired) electrons. The van der Waals surface area contributed by atoms with Gasteiger partial charge in [0.05, 0.1) is 18.7 Å². The van der Waals surface area contributed by atoms with Gasteiger partial charge in [0, 0.05) is 19.2 Å². The predicted octanol–water partition coefficient (Wildman–Crippen LogP) is 3.35. The second-order valence-electron chi connectivity index (χ2n) is 6.12. The summed E-state index contributed by atoms with van der Waals surface area (Å²) in [6, 6.07) is 4.23. The van der Waals surface area contributed by atoms with Gasteiger partial charge in [-0.15, -0.1) is 0 Å². The van der Waals surface area contributed by atoms with Crippen LogP contribution in [-0.4, -0.2) is 32.0 Å². The maximum Gasteiger partial charge on any atom is 0.174 e. The fraction of sp³-hybridized carbons (Fsp3) is 0.625. The van der Waals surface area contributed by atoms with E-state index in [-0.39, 0.29) is 18.1 Å². The summed E-state index contributed by atoms with van der Waals surface area (Å²) in [6.07, 6.45) is 0.734. The van der Waals surface area contributed by atoms with Crippen molar-refractivity contribution in [2.75, 3.05) is 20.8 Å². The third-order valence-electron chi connectivity index (χ3n) is 3.51. The number of benzene rings is 1. The summed E-state index contributed by atoms with van der Waals surface area (Å²) in [5.41, 5.74) is 1.20. The Kier molecular flexibility index (Phi) is 6.97. The van der Waals surface area contributed by atoms with E-state index < -0.39 is 0 Å². The van der Waals surface area contributed by atoms with E-state index in [4.69, 9.17) is 9.47 Å². The van der Waals surface area contributed by atoms with Crippen LogP contribution in [0.4, 0.5) is 0 Å². The summed E-state index contributed by atoms with van der Waals surface area (Å²) in [4.78, 5) is 0. The molecule has 0 bridgehead atoms. The lowest BCUT2D eigenvalue weighted by Gasteiger charge is -2.31. The van der Waals surface area contributed by atoms with Crippen molar-refractivity contribution in [2.45, 2.75) is 39.8 Å². The van der Waals surface area contributed by atoms with Gasteiger partial charge in [0.2, 0.25) is 0 Å². The molecule has 1 aromatic rings. The van der Waals surface area contributed by atoms with E-state index in [2.05, 4.69) is 42.0 Å². The minimum atomic E-state index is 0.0938. The summed E-state index contributed by atoms with van der Waals surface area (Å²) in [5.74, 6) is 1.40. The van der Waals surface area contributed by atoms with Crippen LogP contribution in [0.1, 0.15) is 32.8 Å². The number of nitrogens with one attached hydrogen (secondary N) is 1. The molecule has 0 spiro atoms. The van der Waals surface area contributed by atoms with E-state index in [1.54, 1.807) is 14.2 Å². The van der Waals surface area contributed by atoms with Gasteiger partial charge in [0.1, 0.15) is 0 Å². The SMILES string of the molecule is COc1cc(CNC(CCO)C(C)(C)C)cc(Br)c1OC. The molecule has 0 heterocycles. The maximum absolute atomic E-state index is 9.21. The van der Waals surface area contributed by atoms with Crippen molar-refractivity contribution in [3.05, 3.63) is 22.2 Å². The number of hydrogen-bond acceptors (Lipinski definition) is 4. The van der Waals surface area contributed by atoms with Crippen molar-refractivity contribution in [3.8, 4) is 11.5 Å². The second-order valence-corrected chi connectivity index (χ2v) is 6.98. The number of methoxy groups -OCH3 is 2. The zero-order chi connectivity index (χ0) is 16.0. The zero-order valence-corrected chi connectivity index (χ0v) is 15.1. The zero-order valence-electron chi connectivity index (χ0n) is 13.5. The molecule has 1 atom stereocenters. The van der Waals surface area contributed by atoms with Gasteiger partial charge in [-0.2, -0.15) is 0 Å². The average Bonchev–Trinajstić information content (AvgIpc) is 2.41. The number of aliphatic hydroxyl groups is 1. The molecular weight excluding hydrogens is 334 g/mol. The Labute approximate surface area is 136 Å². The van der Waals surface area contributed by atoms with Gasteiger partial charge in [0.15, 0.2) is 11.5 Å². The largest absolute Gasteiger partial charge is 0.493 e. The summed E-state index contributed by atoms with van der Waals surface area (Å²) in [5, 5.41) is 12.7. The van der Waals surface area contributed by atoms with Crippen molar-refractivity contribution in [2.24, 2.45) is 5.41 Å². The third kappa shape index (κ3) is 5.16. The van der Waals surface area contributed by atoms with Gasteiger partial charge in [-0.3, -0.25) is 0 Å². The molecule has 0 aromatic heterocycles. The van der Waals surface area contributed by atoms with Crippen LogP contribution in [0.5, 0.6) is 11.5 Å². The van der Waals surface area contributed by atoms with E-state index in [9.17, 15) is 5.11 Å². The van der Waals surface area contributed by atoms with Crippen LogP contribution in [0.3, 0.4) is 0 Å². The second kappa shape index (κ2) is 8.01. The molecule has 4 nitrogen and oxygen atoms in total. The van der Waals surface area contributed by atoms with Gasteiger partial charge >= 0.3 is 0 Å². The average molecular weight is 360 g/mol. The molecule has 0 saturated heterocycles. The topological polar surface area (TPSA) is 50.7 Å². The highest BCUT2D eigenvalue weighted by Gasteiger charge is 2.23. The molecule has 2 N–H and O–H groups in total. The number of rotatable bonds is 7. The number of halogens is 1. The monoisotopic (exact) mass is 359 g/mol. The molecule has 0 aliphatic carbocycles. The summed E-state index contributed by atoms with van der Waals surface area (Å²) in [7, 11) is 3.25. The third-order valence-corrected chi connectivity index (χ3v) is 4.10. The molecule has 0 saturated carbocycles. The van der Waals surface area contributed by atoms with Crippen molar-refractivity contribution >= 4 is 15.9 Å².